The molecule has 0 unspecified atom stereocenters. The van der Waals surface area contributed by atoms with Crippen molar-refractivity contribution in [2.45, 2.75) is 59.8 Å². The summed E-state index contributed by atoms with van der Waals surface area (Å²) in [7, 11) is 0. The van der Waals surface area contributed by atoms with E-state index in [2.05, 4.69) is 43.6 Å². The largest absolute Gasteiger partial charge is 0.363 e. The molecule has 0 saturated carbocycles. The number of benzene rings is 1. The Morgan fingerprint density at radius 3 is 2.07 bits per heavy atom. The Labute approximate surface area is 181 Å². The number of hydroxylamine groups is 1. The van der Waals surface area contributed by atoms with Gasteiger partial charge in [0.25, 0.3) is 0 Å². The molecule has 0 atom stereocenters. The van der Waals surface area contributed by atoms with Gasteiger partial charge in [-0.05, 0) is 43.1 Å². The fourth-order valence-corrected chi connectivity index (χ4v) is 2.04. The summed E-state index contributed by atoms with van der Waals surface area (Å²) in [6, 6.07) is 9.49. The normalized spacial score (nSPS) is 9.17. The second-order valence-corrected chi connectivity index (χ2v) is 7.29. The Bertz CT molecular complexity index is 525. The molecule has 8 heteroatoms. The quantitative estimate of drug-likeness (QED) is 0.128. The predicted molar refractivity (Wildman–Crippen MR) is 124 cm³/mol. The first kappa shape index (κ1) is 29.0. The number of amides is 2. The van der Waals surface area contributed by atoms with Crippen LogP contribution < -0.4 is 21.4 Å². The molecule has 1 aromatic rings. The fraction of sp³-hybridized carbons (Fsp3) is 0.571. The second kappa shape index (κ2) is 22.1. The molecule has 1 aromatic carbocycles. The number of hydrogen-bond donors (Lipinski definition) is 5. The SMILES string of the molecule is CC(C)C.CCCCCNC(=S)NCCCC(=O)Nc1ccccc1.O=CNO. The fourth-order valence-electron chi connectivity index (χ4n) is 1.84. The van der Waals surface area contributed by atoms with Crippen LogP contribution in [0.15, 0.2) is 30.3 Å². The van der Waals surface area contributed by atoms with E-state index in [1.807, 2.05) is 30.3 Å². The van der Waals surface area contributed by atoms with Gasteiger partial charge >= 0.3 is 0 Å². The van der Waals surface area contributed by atoms with Gasteiger partial charge in [0.15, 0.2) is 5.11 Å². The molecule has 0 bridgehead atoms. The summed E-state index contributed by atoms with van der Waals surface area (Å²) in [5.74, 6) is 0.866. The molecule has 0 aliphatic carbocycles. The Morgan fingerprint density at radius 1 is 1.07 bits per heavy atom. The number of rotatable bonds is 10. The maximum atomic E-state index is 11.7. The summed E-state index contributed by atoms with van der Waals surface area (Å²) in [4.78, 5) is 20.5. The molecule has 0 fully saturated rings. The number of hydrogen-bond acceptors (Lipinski definition) is 4. The van der Waals surface area contributed by atoms with Gasteiger partial charge in [-0.3, -0.25) is 14.8 Å². The molecule has 0 spiro atoms. The van der Waals surface area contributed by atoms with Crippen molar-refractivity contribution in [2.24, 2.45) is 5.92 Å². The van der Waals surface area contributed by atoms with Crippen LogP contribution in [0.1, 0.15) is 59.8 Å². The Morgan fingerprint density at radius 2 is 1.59 bits per heavy atom. The van der Waals surface area contributed by atoms with Crippen molar-refractivity contribution in [2.75, 3.05) is 18.4 Å². The Kier molecular flexibility index (Phi) is 22.1. The zero-order valence-electron chi connectivity index (χ0n) is 18.2. The molecule has 0 aliphatic heterocycles. The molecule has 0 heterocycles. The van der Waals surface area contributed by atoms with Crippen LogP contribution in [0.2, 0.25) is 0 Å². The first-order valence-corrected chi connectivity index (χ1v) is 10.5. The number of nitrogens with one attached hydrogen (secondary N) is 4. The highest BCUT2D eigenvalue weighted by Gasteiger charge is 2.02. The lowest BCUT2D eigenvalue weighted by molar-refractivity contribution is -0.117. The minimum Gasteiger partial charge on any atom is -0.363 e. The maximum absolute atomic E-state index is 11.7. The molecule has 5 N–H and O–H groups in total. The number of unbranched alkanes of at least 4 members (excludes halogenated alkanes) is 2. The van der Waals surface area contributed by atoms with E-state index in [1.54, 1.807) is 0 Å². The molecule has 0 aliphatic rings. The number of para-hydroxylation sites is 1. The van der Waals surface area contributed by atoms with E-state index in [4.69, 9.17) is 22.2 Å². The third-order valence-electron chi connectivity index (χ3n) is 3.04. The standard InChI is InChI=1S/C16H25N3OS.C4H10.CH3NO2/c1-2-3-7-12-17-16(21)18-13-8-11-15(20)19-14-9-5-4-6-10-14;1-4(2)3;3-1-2-4/h4-6,9-10H,2-3,7-8,11-13H2,1H3,(H,19,20)(H2,17,18,21);4H,1-3H3;1,4H,(H,2,3). The van der Waals surface area contributed by atoms with Crippen LogP contribution in [0.5, 0.6) is 0 Å². The molecular formula is C21H38N4O3S. The average Bonchev–Trinajstić information content (AvgIpc) is 2.69. The van der Waals surface area contributed by atoms with Crippen LogP contribution in [0.4, 0.5) is 5.69 Å². The highest BCUT2D eigenvalue weighted by Crippen LogP contribution is 2.05. The van der Waals surface area contributed by atoms with Gasteiger partial charge in [-0.1, -0.05) is 58.7 Å². The molecular weight excluding hydrogens is 388 g/mol. The summed E-state index contributed by atoms with van der Waals surface area (Å²) in [6.45, 7) is 10.3. The monoisotopic (exact) mass is 426 g/mol. The van der Waals surface area contributed by atoms with Crippen molar-refractivity contribution < 1.29 is 14.8 Å². The summed E-state index contributed by atoms with van der Waals surface area (Å²) < 4.78 is 0. The van der Waals surface area contributed by atoms with E-state index in [-0.39, 0.29) is 12.3 Å². The van der Waals surface area contributed by atoms with Gasteiger partial charge in [0.05, 0.1) is 0 Å². The van der Waals surface area contributed by atoms with E-state index in [1.165, 1.54) is 18.3 Å². The summed E-state index contributed by atoms with van der Waals surface area (Å²) >= 11 is 5.16. The highest BCUT2D eigenvalue weighted by atomic mass is 32.1. The molecule has 0 saturated heterocycles. The Hall–Kier alpha value is -2.19. The van der Waals surface area contributed by atoms with Crippen molar-refractivity contribution in [1.82, 2.24) is 16.1 Å². The van der Waals surface area contributed by atoms with Gasteiger partial charge < -0.3 is 16.0 Å². The van der Waals surface area contributed by atoms with Gasteiger partial charge in [-0.25, -0.2) is 5.48 Å². The third-order valence-corrected chi connectivity index (χ3v) is 3.33. The predicted octanol–water partition coefficient (Wildman–Crippen LogP) is 3.84. The van der Waals surface area contributed by atoms with E-state index in [9.17, 15) is 4.79 Å². The highest BCUT2D eigenvalue weighted by molar-refractivity contribution is 7.80. The van der Waals surface area contributed by atoms with Crippen molar-refractivity contribution in [3.05, 3.63) is 30.3 Å². The van der Waals surface area contributed by atoms with Crippen LogP contribution in [-0.2, 0) is 9.59 Å². The first-order chi connectivity index (χ1) is 13.9. The molecule has 7 nitrogen and oxygen atoms in total. The summed E-state index contributed by atoms with van der Waals surface area (Å²) in [5, 5.41) is 17.1. The molecule has 29 heavy (non-hydrogen) atoms. The maximum Gasteiger partial charge on any atom is 0.230 e. The zero-order chi connectivity index (χ0) is 22.3. The topological polar surface area (TPSA) is 102 Å². The van der Waals surface area contributed by atoms with Gasteiger partial charge in [0, 0.05) is 25.2 Å². The molecule has 1 rings (SSSR count). The second-order valence-electron chi connectivity index (χ2n) is 6.89. The minimum absolute atomic E-state index is 0.0322. The van der Waals surface area contributed by atoms with Crippen molar-refractivity contribution >= 4 is 35.3 Å². The van der Waals surface area contributed by atoms with E-state index >= 15 is 0 Å². The minimum atomic E-state index is 0.0322. The number of carbonyl (C=O) groups is 2. The van der Waals surface area contributed by atoms with Crippen LogP contribution >= 0.6 is 12.2 Å². The van der Waals surface area contributed by atoms with Gasteiger partial charge in [0.1, 0.15) is 0 Å². The molecule has 0 radical (unpaired) electrons. The van der Waals surface area contributed by atoms with Crippen LogP contribution in [-0.4, -0.2) is 35.7 Å². The van der Waals surface area contributed by atoms with Crippen molar-refractivity contribution in [3.8, 4) is 0 Å². The lowest BCUT2D eigenvalue weighted by atomic mass is 10.2. The van der Waals surface area contributed by atoms with Crippen molar-refractivity contribution in [1.29, 1.82) is 0 Å². The smallest absolute Gasteiger partial charge is 0.230 e. The van der Waals surface area contributed by atoms with Crippen LogP contribution in [0, 0.1) is 5.92 Å². The molecule has 0 aromatic heterocycles. The van der Waals surface area contributed by atoms with Gasteiger partial charge in [-0.2, -0.15) is 0 Å². The average molecular weight is 427 g/mol. The van der Waals surface area contributed by atoms with E-state index in [0.29, 0.717) is 18.1 Å². The lowest BCUT2D eigenvalue weighted by Gasteiger charge is -2.10. The molecule has 166 valence electrons. The summed E-state index contributed by atoms with van der Waals surface area (Å²) in [5.41, 5.74) is 2.09. The molecule has 2 amide bonds. The van der Waals surface area contributed by atoms with Gasteiger partial charge in [-0.15, -0.1) is 0 Å². The van der Waals surface area contributed by atoms with Crippen LogP contribution in [0.3, 0.4) is 0 Å². The van der Waals surface area contributed by atoms with Crippen molar-refractivity contribution in [3.63, 3.8) is 0 Å². The number of carbonyl (C=O) groups excluding carboxylic acids is 2. The van der Waals surface area contributed by atoms with E-state index < -0.39 is 0 Å². The third kappa shape index (κ3) is 25.8. The van der Waals surface area contributed by atoms with Crippen LogP contribution in [0.25, 0.3) is 0 Å². The zero-order valence-corrected chi connectivity index (χ0v) is 19.0. The number of anilines is 1. The summed E-state index contributed by atoms with van der Waals surface area (Å²) in [6.07, 6.45) is 4.99. The number of thiocarbonyl (C=S) groups is 1. The van der Waals surface area contributed by atoms with Gasteiger partial charge in [0.2, 0.25) is 12.3 Å². The first-order valence-electron chi connectivity index (χ1n) is 10.1. The lowest BCUT2D eigenvalue weighted by Crippen LogP contribution is -2.36. The van der Waals surface area contributed by atoms with E-state index in [0.717, 1.165) is 31.0 Å². The Balaban J connectivity index is 0.